The fourth-order valence-corrected chi connectivity index (χ4v) is 3.60. The molecule has 2 aromatic carbocycles. The smallest absolute Gasteiger partial charge is 0.124 e. The van der Waals surface area contributed by atoms with Crippen molar-refractivity contribution in [1.29, 1.82) is 5.26 Å². The van der Waals surface area contributed by atoms with Gasteiger partial charge in [0.25, 0.3) is 0 Å². The minimum absolute atomic E-state index is 0.277. The van der Waals surface area contributed by atoms with Gasteiger partial charge in [0, 0.05) is 22.4 Å². The highest BCUT2D eigenvalue weighted by molar-refractivity contribution is 9.10. The first-order valence-electron chi connectivity index (χ1n) is 7.34. The Kier molecular flexibility index (Phi) is 4.04. The molecule has 1 unspecified atom stereocenters. The molecule has 0 N–H and O–H groups in total. The van der Waals surface area contributed by atoms with Crippen LogP contribution in [0.25, 0.3) is 10.9 Å². The molecule has 0 aliphatic heterocycles. The Morgan fingerprint density at radius 1 is 1.14 bits per heavy atom. The van der Waals surface area contributed by atoms with Crippen molar-refractivity contribution in [1.82, 2.24) is 4.57 Å². The van der Waals surface area contributed by atoms with E-state index < -0.39 is 0 Å². The summed E-state index contributed by atoms with van der Waals surface area (Å²) >= 11 is 3.62. The number of nitrogens with zero attached hydrogens (tertiary/aromatic N) is 2. The van der Waals surface area contributed by atoms with Crippen molar-refractivity contribution in [3.63, 3.8) is 0 Å². The van der Waals surface area contributed by atoms with Gasteiger partial charge < -0.3 is 4.57 Å². The van der Waals surface area contributed by atoms with E-state index in [1.807, 2.05) is 29.8 Å². The van der Waals surface area contributed by atoms with Gasteiger partial charge >= 0.3 is 0 Å². The summed E-state index contributed by atoms with van der Waals surface area (Å²) in [6.45, 7) is 2.20. The lowest BCUT2D eigenvalue weighted by Crippen LogP contribution is -2.02. The van der Waals surface area contributed by atoms with Crippen molar-refractivity contribution in [2.24, 2.45) is 7.05 Å². The molecule has 1 aromatic heterocycles. The summed E-state index contributed by atoms with van der Waals surface area (Å²) < 4.78 is 3.13. The molecule has 0 amide bonds. The van der Waals surface area contributed by atoms with Crippen LogP contribution in [0, 0.1) is 11.3 Å². The van der Waals surface area contributed by atoms with Gasteiger partial charge in [-0.25, -0.2) is 0 Å². The van der Waals surface area contributed by atoms with Crippen LogP contribution in [-0.4, -0.2) is 4.57 Å². The van der Waals surface area contributed by atoms with Gasteiger partial charge in [-0.2, -0.15) is 5.26 Å². The highest BCUT2D eigenvalue weighted by atomic mass is 79.9. The first-order valence-corrected chi connectivity index (χ1v) is 8.13. The molecule has 1 atom stereocenters. The Morgan fingerprint density at radius 3 is 2.55 bits per heavy atom. The maximum absolute atomic E-state index is 9.59. The predicted molar refractivity (Wildman–Crippen MR) is 93.9 cm³/mol. The lowest BCUT2D eigenvalue weighted by molar-refractivity contribution is 0.752. The number of aromatic nitrogens is 1. The van der Waals surface area contributed by atoms with Crippen molar-refractivity contribution >= 4 is 26.8 Å². The molecule has 0 aliphatic rings. The van der Waals surface area contributed by atoms with Crippen molar-refractivity contribution in [2.45, 2.75) is 19.3 Å². The van der Waals surface area contributed by atoms with Gasteiger partial charge in [0.05, 0.1) is 0 Å². The summed E-state index contributed by atoms with van der Waals surface area (Å²) in [5, 5.41) is 10.8. The molecular weight excluding hydrogens is 336 g/mol. The number of nitriles is 1. The van der Waals surface area contributed by atoms with Crippen LogP contribution < -0.4 is 0 Å². The quantitative estimate of drug-likeness (QED) is 0.639. The van der Waals surface area contributed by atoms with Gasteiger partial charge in [-0.05, 0) is 35.6 Å². The molecule has 0 fully saturated rings. The zero-order chi connectivity index (χ0) is 15.7. The third-order valence-electron chi connectivity index (χ3n) is 4.23. The Hall–Kier alpha value is -2.05. The Labute approximate surface area is 139 Å². The van der Waals surface area contributed by atoms with Crippen LogP contribution in [0.3, 0.4) is 0 Å². The van der Waals surface area contributed by atoms with Crippen molar-refractivity contribution < 1.29 is 0 Å². The van der Waals surface area contributed by atoms with Gasteiger partial charge in [-0.15, -0.1) is 0 Å². The third kappa shape index (κ3) is 2.44. The van der Waals surface area contributed by atoms with Crippen LogP contribution in [0.2, 0.25) is 0 Å². The molecule has 0 bridgehead atoms. The maximum atomic E-state index is 9.59. The van der Waals surface area contributed by atoms with Gasteiger partial charge in [0.2, 0.25) is 0 Å². The molecule has 110 valence electrons. The monoisotopic (exact) mass is 352 g/mol. The summed E-state index contributed by atoms with van der Waals surface area (Å²) in [4.78, 5) is 0. The van der Waals surface area contributed by atoms with E-state index in [1.165, 1.54) is 10.9 Å². The zero-order valence-corrected chi connectivity index (χ0v) is 14.3. The number of hydrogen-bond donors (Lipinski definition) is 0. The molecule has 0 saturated carbocycles. The first-order chi connectivity index (χ1) is 10.6. The van der Waals surface area contributed by atoms with Gasteiger partial charge in [0.1, 0.15) is 11.8 Å². The largest absolute Gasteiger partial charge is 0.335 e. The van der Waals surface area contributed by atoms with E-state index in [0.29, 0.717) is 0 Å². The fourth-order valence-electron chi connectivity index (χ4n) is 3.15. The van der Waals surface area contributed by atoms with Crippen LogP contribution in [0.15, 0.2) is 53.0 Å². The number of para-hydroxylation sites is 1. The summed E-state index contributed by atoms with van der Waals surface area (Å²) in [5.74, 6) is 0.277. The Morgan fingerprint density at radius 2 is 1.82 bits per heavy atom. The van der Waals surface area contributed by atoms with Crippen LogP contribution in [-0.2, 0) is 13.5 Å². The summed E-state index contributed by atoms with van der Waals surface area (Å²) in [6.07, 6.45) is 0.907. The minimum atomic E-state index is 0.277. The summed E-state index contributed by atoms with van der Waals surface area (Å²) in [7, 11) is 1.97. The zero-order valence-electron chi connectivity index (χ0n) is 12.7. The van der Waals surface area contributed by atoms with Crippen LogP contribution >= 0.6 is 15.9 Å². The molecule has 3 heteroatoms. The number of fused-ring (bicyclic) bond motifs is 1. The number of hydrogen-bond acceptors (Lipinski definition) is 1. The summed E-state index contributed by atoms with van der Waals surface area (Å²) in [5.41, 5.74) is 4.30. The molecule has 0 spiro atoms. The second kappa shape index (κ2) is 5.98. The number of benzene rings is 2. The van der Waals surface area contributed by atoms with E-state index in [1.54, 1.807) is 0 Å². The number of halogens is 1. The van der Waals surface area contributed by atoms with Crippen LogP contribution in [0.1, 0.15) is 29.7 Å². The molecule has 3 aromatic rings. The number of rotatable bonds is 3. The molecule has 0 aliphatic carbocycles. The lowest BCUT2D eigenvalue weighted by atomic mass is 9.91. The van der Waals surface area contributed by atoms with Crippen molar-refractivity contribution in [3.8, 4) is 6.07 Å². The van der Waals surface area contributed by atoms with E-state index >= 15 is 0 Å². The average Bonchev–Trinajstić information content (AvgIpc) is 2.82. The fraction of sp³-hybridized carbons (Fsp3) is 0.211. The van der Waals surface area contributed by atoms with E-state index in [4.69, 9.17) is 0 Å². The highest BCUT2D eigenvalue weighted by Gasteiger charge is 2.20. The number of aryl methyl sites for hydroxylation is 1. The van der Waals surface area contributed by atoms with Gasteiger partial charge in [-0.1, -0.05) is 59.3 Å². The Balaban J connectivity index is 2.10. The molecule has 2 nitrogen and oxygen atoms in total. The topological polar surface area (TPSA) is 28.7 Å². The molecule has 3 rings (SSSR count). The van der Waals surface area contributed by atoms with Crippen LogP contribution in [0.5, 0.6) is 0 Å². The van der Waals surface area contributed by atoms with Crippen molar-refractivity contribution in [2.75, 3.05) is 0 Å². The standard InChI is InChI=1S/C19H17BrN2/c1-13(11-14-7-3-5-9-16(14)20)19-15-8-4-6-10-17(15)22(2)18(19)12-21/h3-10,13H,11H2,1-2H3. The molecule has 1 heterocycles. The molecule has 0 saturated heterocycles. The minimum Gasteiger partial charge on any atom is -0.335 e. The van der Waals surface area contributed by atoms with Gasteiger partial charge in [0.15, 0.2) is 0 Å². The molecular formula is C19H17BrN2. The molecule has 22 heavy (non-hydrogen) atoms. The average molecular weight is 353 g/mol. The Bertz CT molecular complexity index is 871. The van der Waals surface area contributed by atoms with E-state index in [-0.39, 0.29) is 5.92 Å². The molecule has 0 radical (unpaired) electrons. The first kappa shape index (κ1) is 14.9. The third-order valence-corrected chi connectivity index (χ3v) is 5.00. The van der Waals surface area contributed by atoms with E-state index in [2.05, 4.69) is 59.3 Å². The normalized spacial score (nSPS) is 12.3. The van der Waals surface area contributed by atoms with E-state index in [9.17, 15) is 5.26 Å². The van der Waals surface area contributed by atoms with E-state index in [0.717, 1.165) is 27.7 Å². The second-order valence-electron chi connectivity index (χ2n) is 5.65. The SMILES string of the molecule is CC(Cc1ccccc1Br)c1c(C#N)n(C)c2ccccc12. The van der Waals surface area contributed by atoms with Crippen LogP contribution in [0.4, 0.5) is 0 Å². The van der Waals surface area contributed by atoms with Crippen molar-refractivity contribution in [3.05, 3.63) is 69.8 Å². The second-order valence-corrected chi connectivity index (χ2v) is 6.50. The highest BCUT2D eigenvalue weighted by Crippen LogP contribution is 2.34. The predicted octanol–water partition coefficient (Wildman–Crippen LogP) is 5.16. The van der Waals surface area contributed by atoms with Gasteiger partial charge in [-0.3, -0.25) is 0 Å². The summed E-state index contributed by atoms with van der Waals surface area (Å²) in [6, 6.07) is 18.9. The lowest BCUT2D eigenvalue weighted by Gasteiger charge is -2.13. The maximum Gasteiger partial charge on any atom is 0.124 e.